The van der Waals surface area contributed by atoms with E-state index >= 15 is 0 Å². The van der Waals surface area contributed by atoms with E-state index in [-0.39, 0.29) is 6.54 Å². The second-order valence-electron chi connectivity index (χ2n) is 4.77. The first-order chi connectivity index (χ1) is 10.0. The van der Waals surface area contributed by atoms with E-state index in [2.05, 4.69) is 15.0 Å². The molecule has 0 aliphatic rings. The Morgan fingerprint density at radius 3 is 2.52 bits per heavy atom. The first kappa shape index (κ1) is 15.6. The third-order valence-corrected chi connectivity index (χ3v) is 4.57. The molecule has 0 radical (unpaired) electrons. The third kappa shape index (κ3) is 4.10. The highest BCUT2D eigenvalue weighted by atomic mass is 32.2. The molecule has 1 aromatic carbocycles. The van der Waals surface area contributed by atoms with Crippen LogP contribution in [0.2, 0.25) is 0 Å². The average Bonchev–Trinajstić information content (AvgIpc) is 2.47. The molecule has 0 saturated heterocycles. The van der Waals surface area contributed by atoms with Crippen LogP contribution in [0.3, 0.4) is 0 Å². The number of aromatic nitrogens is 1. The highest BCUT2D eigenvalue weighted by molar-refractivity contribution is 7.89. The van der Waals surface area contributed by atoms with Crippen LogP contribution in [-0.4, -0.2) is 20.4 Å². The monoisotopic (exact) mass is 305 g/mol. The fraction of sp³-hybridized carbons (Fsp3) is 0.267. The minimum absolute atomic E-state index is 0.226. The normalized spacial score (nSPS) is 11.5. The number of benzene rings is 1. The van der Waals surface area contributed by atoms with E-state index in [9.17, 15) is 8.42 Å². The Balaban J connectivity index is 2.17. The van der Waals surface area contributed by atoms with Gasteiger partial charge in [-0.25, -0.2) is 13.1 Å². The SMILES string of the molecule is CNCc1ccccc1S(=O)(=O)NCc1ccc(C)nc1. The van der Waals surface area contributed by atoms with Crippen LogP contribution < -0.4 is 10.0 Å². The van der Waals surface area contributed by atoms with Crippen molar-refractivity contribution in [3.63, 3.8) is 0 Å². The van der Waals surface area contributed by atoms with Crippen molar-refractivity contribution in [2.45, 2.75) is 24.9 Å². The zero-order valence-corrected chi connectivity index (χ0v) is 12.9. The van der Waals surface area contributed by atoms with Gasteiger partial charge in [0.2, 0.25) is 10.0 Å². The Hall–Kier alpha value is -1.76. The molecule has 0 atom stereocenters. The number of rotatable bonds is 6. The molecule has 0 fully saturated rings. The molecule has 2 N–H and O–H groups in total. The van der Waals surface area contributed by atoms with Crippen LogP contribution in [0.15, 0.2) is 47.5 Å². The van der Waals surface area contributed by atoms with Gasteiger partial charge in [0.25, 0.3) is 0 Å². The summed E-state index contributed by atoms with van der Waals surface area (Å²) in [5.74, 6) is 0. The second-order valence-corrected chi connectivity index (χ2v) is 6.51. The lowest BCUT2D eigenvalue weighted by molar-refractivity contribution is 0.579. The summed E-state index contributed by atoms with van der Waals surface area (Å²) in [5.41, 5.74) is 2.48. The van der Waals surface area contributed by atoms with Crippen LogP contribution in [-0.2, 0) is 23.1 Å². The summed E-state index contributed by atoms with van der Waals surface area (Å²) in [6.45, 7) is 2.62. The maximum absolute atomic E-state index is 12.4. The van der Waals surface area contributed by atoms with E-state index in [1.54, 1.807) is 31.4 Å². The molecule has 0 aliphatic carbocycles. The Labute approximate surface area is 125 Å². The van der Waals surface area contributed by atoms with Gasteiger partial charge in [-0.1, -0.05) is 24.3 Å². The van der Waals surface area contributed by atoms with Crippen molar-refractivity contribution in [2.24, 2.45) is 0 Å². The molecule has 0 spiro atoms. The van der Waals surface area contributed by atoms with Gasteiger partial charge >= 0.3 is 0 Å². The number of hydrogen-bond acceptors (Lipinski definition) is 4. The molecule has 6 heteroatoms. The molecular formula is C15H19N3O2S. The van der Waals surface area contributed by atoms with Gasteiger partial charge in [0, 0.05) is 25.0 Å². The lowest BCUT2D eigenvalue weighted by atomic mass is 10.2. The summed E-state index contributed by atoms with van der Waals surface area (Å²) in [7, 11) is -1.75. The molecule has 2 aromatic rings. The predicted molar refractivity (Wildman–Crippen MR) is 82.2 cm³/mol. The zero-order chi connectivity index (χ0) is 15.3. The number of sulfonamides is 1. The largest absolute Gasteiger partial charge is 0.316 e. The van der Waals surface area contributed by atoms with Crippen molar-refractivity contribution >= 4 is 10.0 Å². The molecule has 1 heterocycles. The van der Waals surface area contributed by atoms with E-state index in [1.807, 2.05) is 25.1 Å². The van der Waals surface area contributed by atoms with Gasteiger partial charge in [-0.2, -0.15) is 0 Å². The smallest absolute Gasteiger partial charge is 0.241 e. The van der Waals surface area contributed by atoms with E-state index in [1.165, 1.54) is 0 Å². The molecule has 21 heavy (non-hydrogen) atoms. The van der Waals surface area contributed by atoms with Gasteiger partial charge in [0.05, 0.1) is 4.90 Å². The molecule has 1 aromatic heterocycles. The summed E-state index contributed by atoms with van der Waals surface area (Å²) in [4.78, 5) is 4.46. The number of pyridine rings is 1. The Kier molecular flexibility index (Phi) is 5.06. The van der Waals surface area contributed by atoms with Crippen molar-refractivity contribution in [1.29, 1.82) is 0 Å². The fourth-order valence-corrected chi connectivity index (χ4v) is 3.22. The van der Waals surface area contributed by atoms with E-state index in [0.29, 0.717) is 11.4 Å². The minimum atomic E-state index is -3.54. The van der Waals surface area contributed by atoms with Crippen LogP contribution in [0.5, 0.6) is 0 Å². The molecule has 0 amide bonds. The summed E-state index contributed by atoms with van der Waals surface area (Å²) in [6.07, 6.45) is 1.68. The van der Waals surface area contributed by atoms with Gasteiger partial charge in [-0.05, 0) is 37.2 Å². The first-order valence-corrected chi connectivity index (χ1v) is 8.15. The molecule has 112 valence electrons. The van der Waals surface area contributed by atoms with Crippen molar-refractivity contribution < 1.29 is 8.42 Å². The first-order valence-electron chi connectivity index (χ1n) is 6.66. The highest BCUT2D eigenvalue weighted by Crippen LogP contribution is 2.15. The predicted octanol–water partition coefficient (Wildman–Crippen LogP) is 1.59. The number of nitrogens with one attached hydrogen (secondary N) is 2. The van der Waals surface area contributed by atoms with Crippen molar-refractivity contribution in [3.8, 4) is 0 Å². The van der Waals surface area contributed by atoms with Crippen molar-refractivity contribution in [1.82, 2.24) is 15.0 Å². The lowest BCUT2D eigenvalue weighted by Gasteiger charge is -2.11. The van der Waals surface area contributed by atoms with Crippen molar-refractivity contribution in [2.75, 3.05) is 7.05 Å². The number of aryl methyl sites for hydroxylation is 1. The van der Waals surface area contributed by atoms with Gasteiger partial charge in [-0.15, -0.1) is 0 Å². The third-order valence-electron chi connectivity index (χ3n) is 3.07. The Morgan fingerprint density at radius 1 is 1.10 bits per heavy atom. The highest BCUT2D eigenvalue weighted by Gasteiger charge is 2.17. The summed E-state index contributed by atoms with van der Waals surface area (Å²) >= 11 is 0. The van der Waals surface area contributed by atoms with Gasteiger partial charge in [-0.3, -0.25) is 4.98 Å². The van der Waals surface area contributed by atoms with Crippen LogP contribution >= 0.6 is 0 Å². The maximum atomic E-state index is 12.4. The maximum Gasteiger partial charge on any atom is 0.241 e. The number of nitrogens with zero attached hydrogens (tertiary/aromatic N) is 1. The molecular weight excluding hydrogens is 286 g/mol. The number of hydrogen-bond donors (Lipinski definition) is 2. The molecule has 0 aliphatic heterocycles. The molecule has 0 unspecified atom stereocenters. The van der Waals surface area contributed by atoms with Crippen LogP contribution in [0, 0.1) is 6.92 Å². The van der Waals surface area contributed by atoms with E-state index in [0.717, 1.165) is 16.8 Å². The summed E-state index contributed by atoms with van der Waals surface area (Å²) in [6, 6.07) is 10.7. The fourth-order valence-electron chi connectivity index (χ4n) is 1.96. The Morgan fingerprint density at radius 2 is 1.86 bits per heavy atom. The average molecular weight is 305 g/mol. The molecule has 2 rings (SSSR count). The lowest BCUT2D eigenvalue weighted by Crippen LogP contribution is -2.25. The van der Waals surface area contributed by atoms with Gasteiger partial charge in [0.15, 0.2) is 0 Å². The van der Waals surface area contributed by atoms with Crippen LogP contribution in [0.25, 0.3) is 0 Å². The van der Waals surface area contributed by atoms with E-state index in [4.69, 9.17) is 0 Å². The second kappa shape index (κ2) is 6.80. The zero-order valence-electron chi connectivity index (χ0n) is 12.1. The minimum Gasteiger partial charge on any atom is -0.316 e. The van der Waals surface area contributed by atoms with Crippen LogP contribution in [0.4, 0.5) is 0 Å². The van der Waals surface area contributed by atoms with Crippen molar-refractivity contribution in [3.05, 3.63) is 59.4 Å². The Bertz CT molecular complexity index is 697. The van der Waals surface area contributed by atoms with Gasteiger partial charge < -0.3 is 5.32 Å². The standard InChI is InChI=1S/C15H19N3O2S/c1-12-7-8-13(9-17-12)10-18-21(19,20)15-6-4-3-5-14(15)11-16-2/h3-9,16,18H,10-11H2,1-2H3. The molecule has 5 nitrogen and oxygen atoms in total. The van der Waals surface area contributed by atoms with Crippen LogP contribution in [0.1, 0.15) is 16.8 Å². The van der Waals surface area contributed by atoms with E-state index < -0.39 is 10.0 Å². The molecule has 0 saturated carbocycles. The topological polar surface area (TPSA) is 71.1 Å². The summed E-state index contributed by atoms with van der Waals surface area (Å²) < 4.78 is 27.4. The van der Waals surface area contributed by atoms with Gasteiger partial charge in [0.1, 0.15) is 0 Å². The quantitative estimate of drug-likeness (QED) is 0.850. The summed E-state index contributed by atoms with van der Waals surface area (Å²) in [5, 5.41) is 2.97. The molecule has 0 bridgehead atoms.